The molecule has 9 aromatic rings. The molecule has 7 aromatic carbocycles. The maximum Gasteiger partial charge on any atom is 0.244 e. The van der Waals surface area contributed by atoms with Crippen molar-refractivity contribution in [3.8, 4) is 22.3 Å². The molecule has 3 nitrogen and oxygen atoms in total. The molecular weight excluding hydrogens is 775 g/mol. The number of fused-ring (bicyclic) bond motifs is 10. The second-order valence-corrected chi connectivity index (χ2v) is 22.4. The van der Waals surface area contributed by atoms with Gasteiger partial charge in [0.15, 0.2) is 0 Å². The molecule has 1 aliphatic heterocycles. The molecule has 2 aliphatic carbocycles. The minimum absolute atomic E-state index is 0.0524. The number of furan rings is 1. The molecular formula is C60H59BN2O. The quantitative estimate of drug-likeness (QED) is 0.180. The van der Waals surface area contributed by atoms with Crippen LogP contribution in [-0.2, 0) is 21.7 Å². The van der Waals surface area contributed by atoms with Crippen molar-refractivity contribution in [1.29, 1.82) is 0 Å². The van der Waals surface area contributed by atoms with E-state index in [1.165, 1.54) is 123 Å². The summed E-state index contributed by atoms with van der Waals surface area (Å²) in [6, 6.07) is 44.4. The Morgan fingerprint density at radius 3 is 1.88 bits per heavy atom. The second kappa shape index (κ2) is 13.3. The van der Waals surface area contributed by atoms with E-state index < -0.39 is 0 Å². The lowest BCUT2D eigenvalue weighted by Crippen LogP contribution is -2.40. The van der Waals surface area contributed by atoms with Crippen LogP contribution < -0.4 is 16.0 Å². The van der Waals surface area contributed by atoms with E-state index in [9.17, 15) is 0 Å². The fourth-order valence-corrected chi connectivity index (χ4v) is 12.4. The van der Waals surface area contributed by atoms with Gasteiger partial charge in [-0.3, -0.25) is 0 Å². The standard InChI is InChI=1S/C60H59BN2O/c1-34-15-13-16-35(2)52(34)38-28-43(41-20-14-19-40-42-27-36-17-11-12-18-37(36)29-49(42)62-54(40)41)53-50(30-38)63(39-21-22-45-46(31-39)58(5,6)24-23-57(45,3)4)55-44-32-47-48(33-51(44)64-56(55)61-53)60(9,10)26-25-59(47,7)8/h11-22,27-33,61-62H,23-26H2,1-10H3. The van der Waals surface area contributed by atoms with Crippen molar-refractivity contribution in [2.75, 3.05) is 4.90 Å². The summed E-state index contributed by atoms with van der Waals surface area (Å²) >= 11 is 0. The molecule has 0 unspecified atom stereocenters. The first-order valence-corrected chi connectivity index (χ1v) is 23.7. The highest BCUT2D eigenvalue weighted by molar-refractivity contribution is 6.73. The summed E-state index contributed by atoms with van der Waals surface area (Å²) in [5.41, 5.74) is 23.0. The molecule has 4 heteroatoms. The van der Waals surface area contributed by atoms with Crippen molar-refractivity contribution in [3.63, 3.8) is 0 Å². The van der Waals surface area contributed by atoms with Gasteiger partial charge < -0.3 is 14.3 Å². The number of aryl methyl sites for hydroxylation is 2. The van der Waals surface area contributed by atoms with Crippen LogP contribution in [-0.4, -0.2) is 12.3 Å². The maximum atomic E-state index is 7.29. The van der Waals surface area contributed by atoms with Gasteiger partial charge in [0.2, 0.25) is 7.28 Å². The lowest BCUT2D eigenvalue weighted by molar-refractivity contribution is 0.332. The van der Waals surface area contributed by atoms with Gasteiger partial charge >= 0.3 is 0 Å². The van der Waals surface area contributed by atoms with E-state index in [1.54, 1.807) is 0 Å². The number of aromatic amines is 1. The van der Waals surface area contributed by atoms with Crippen LogP contribution in [0.2, 0.25) is 0 Å². The van der Waals surface area contributed by atoms with Crippen LogP contribution in [0.1, 0.15) is 114 Å². The van der Waals surface area contributed by atoms with Crippen LogP contribution in [0.4, 0.5) is 17.1 Å². The Morgan fingerprint density at radius 1 is 0.547 bits per heavy atom. The Hall–Kier alpha value is -6.00. The third kappa shape index (κ3) is 5.73. The van der Waals surface area contributed by atoms with Crippen LogP contribution in [0, 0.1) is 13.8 Å². The lowest BCUT2D eigenvalue weighted by atomic mass is 9.60. The fraction of sp³-hybridized carbons (Fsp3) is 0.300. The Kier molecular flexibility index (Phi) is 8.22. The van der Waals surface area contributed by atoms with E-state index in [0.717, 1.165) is 29.6 Å². The summed E-state index contributed by atoms with van der Waals surface area (Å²) in [7, 11) is 0.694. The molecule has 1 N–H and O–H groups in total. The second-order valence-electron chi connectivity index (χ2n) is 22.4. The normalized spacial score (nSPS) is 17.9. The topological polar surface area (TPSA) is 32.2 Å². The predicted molar refractivity (Wildman–Crippen MR) is 275 cm³/mol. The molecule has 0 saturated heterocycles. The average Bonchev–Trinajstić information content (AvgIpc) is 3.81. The SMILES string of the molecule is Cc1cccc(C)c1-c1cc(-c2cccc3c2[nH]c2cc4ccccc4cc23)c2c(c1)N(c1ccc3c(c1)C(C)(C)CCC3(C)C)c1c(oc3cc4c(cc13)C(C)(C)CCC4(C)C)B2. The monoisotopic (exact) mass is 834 g/mol. The first kappa shape index (κ1) is 39.6. The van der Waals surface area contributed by atoms with Crippen LogP contribution in [0.5, 0.6) is 0 Å². The molecule has 3 aliphatic rings. The molecule has 0 saturated carbocycles. The highest BCUT2D eigenvalue weighted by atomic mass is 16.3. The van der Waals surface area contributed by atoms with Crippen molar-refractivity contribution in [3.05, 3.63) is 149 Å². The van der Waals surface area contributed by atoms with E-state index in [2.05, 4.69) is 194 Å². The molecule has 64 heavy (non-hydrogen) atoms. The van der Waals surface area contributed by atoms with Gasteiger partial charge in [0.05, 0.1) is 16.9 Å². The highest BCUT2D eigenvalue weighted by Crippen LogP contribution is 2.53. The number of hydrogen-bond donors (Lipinski definition) is 1. The largest absolute Gasteiger partial charge is 0.469 e. The summed E-state index contributed by atoms with van der Waals surface area (Å²) < 4.78 is 7.29. The lowest BCUT2D eigenvalue weighted by Gasteiger charge is -2.43. The number of aromatic nitrogens is 1. The Balaban J connectivity index is 1.19. The van der Waals surface area contributed by atoms with Crippen molar-refractivity contribution >= 4 is 79.0 Å². The Bertz CT molecular complexity index is 3440. The zero-order valence-corrected chi connectivity index (χ0v) is 39.4. The van der Waals surface area contributed by atoms with Gasteiger partial charge in [-0.15, -0.1) is 0 Å². The average molecular weight is 835 g/mol. The first-order chi connectivity index (χ1) is 30.5. The number of nitrogens with zero attached hydrogens (tertiary/aromatic N) is 1. The van der Waals surface area contributed by atoms with Gasteiger partial charge in [-0.05, 0) is 176 Å². The number of rotatable bonds is 3. The van der Waals surface area contributed by atoms with Crippen LogP contribution in [0.15, 0.2) is 120 Å². The molecule has 2 aromatic heterocycles. The molecule has 0 fully saturated rings. The maximum absolute atomic E-state index is 7.29. The number of para-hydroxylation sites is 1. The summed E-state index contributed by atoms with van der Waals surface area (Å²) in [5.74, 6) is 0. The zero-order valence-electron chi connectivity index (χ0n) is 39.4. The molecule has 0 radical (unpaired) electrons. The number of hydrogen-bond acceptors (Lipinski definition) is 2. The summed E-state index contributed by atoms with van der Waals surface area (Å²) in [6.07, 6.45) is 4.68. The van der Waals surface area contributed by atoms with Gasteiger partial charge in [0.25, 0.3) is 0 Å². The molecule has 318 valence electrons. The number of nitrogens with one attached hydrogen (secondary N) is 1. The van der Waals surface area contributed by atoms with Gasteiger partial charge in [-0.25, -0.2) is 0 Å². The zero-order chi connectivity index (χ0) is 44.2. The molecule has 0 atom stereocenters. The van der Waals surface area contributed by atoms with E-state index in [1.807, 2.05) is 0 Å². The Morgan fingerprint density at radius 2 is 1.17 bits per heavy atom. The number of benzene rings is 7. The number of anilines is 3. The van der Waals surface area contributed by atoms with Gasteiger partial charge in [0, 0.05) is 38.6 Å². The van der Waals surface area contributed by atoms with Gasteiger partial charge in [-0.2, -0.15) is 0 Å². The smallest absolute Gasteiger partial charge is 0.244 e. The van der Waals surface area contributed by atoms with Crippen molar-refractivity contribution in [2.24, 2.45) is 0 Å². The van der Waals surface area contributed by atoms with Crippen molar-refractivity contribution < 1.29 is 4.42 Å². The molecule has 0 amide bonds. The van der Waals surface area contributed by atoms with E-state index in [0.29, 0.717) is 7.28 Å². The van der Waals surface area contributed by atoms with Crippen molar-refractivity contribution in [1.82, 2.24) is 4.98 Å². The van der Waals surface area contributed by atoms with E-state index >= 15 is 0 Å². The predicted octanol–water partition coefficient (Wildman–Crippen LogP) is 15.0. The molecule has 0 spiro atoms. The number of H-pyrrole nitrogens is 1. The van der Waals surface area contributed by atoms with Gasteiger partial charge in [0.1, 0.15) is 5.58 Å². The van der Waals surface area contributed by atoms with E-state index in [4.69, 9.17) is 4.42 Å². The summed E-state index contributed by atoms with van der Waals surface area (Å²) in [4.78, 5) is 6.58. The minimum Gasteiger partial charge on any atom is -0.469 e. The third-order valence-corrected chi connectivity index (χ3v) is 16.4. The third-order valence-electron chi connectivity index (χ3n) is 16.4. The molecule has 0 bridgehead atoms. The van der Waals surface area contributed by atoms with Gasteiger partial charge in [-0.1, -0.05) is 122 Å². The summed E-state index contributed by atoms with van der Waals surface area (Å²) in [6.45, 7) is 24.0. The van der Waals surface area contributed by atoms with Crippen LogP contribution in [0.25, 0.3) is 65.8 Å². The van der Waals surface area contributed by atoms with Crippen LogP contribution >= 0.6 is 0 Å². The molecule has 12 rings (SSSR count). The Labute approximate surface area is 379 Å². The highest BCUT2D eigenvalue weighted by Gasteiger charge is 2.42. The summed E-state index contributed by atoms with van der Waals surface area (Å²) in [5, 5.41) is 6.22. The minimum atomic E-state index is 0.0524. The fourth-order valence-electron chi connectivity index (χ4n) is 12.4. The molecule has 3 heterocycles. The first-order valence-electron chi connectivity index (χ1n) is 23.7. The van der Waals surface area contributed by atoms with E-state index in [-0.39, 0.29) is 21.7 Å². The van der Waals surface area contributed by atoms with Crippen LogP contribution in [0.3, 0.4) is 0 Å². The van der Waals surface area contributed by atoms with Crippen molar-refractivity contribution in [2.45, 2.75) is 117 Å².